The summed E-state index contributed by atoms with van der Waals surface area (Å²) in [6.07, 6.45) is -4.25. The Bertz CT molecular complexity index is 445. The molecule has 4 nitrogen and oxygen atoms in total. The van der Waals surface area contributed by atoms with Crippen LogP contribution in [0.4, 0.5) is 13.2 Å². The number of carbonyl (C=O) groups is 1. The lowest BCUT2D eigenvalue weighted by atomic mass is 9.91. The van der Waals surface area contributed by atoms with Crippen molar-refractivity contribution in [1.29, 1.82) is 0 Å². The molecular formula is C17H32F3NO3S. The first-order valence-electron chi connectivity index (χ1n) is 8.57. The van der Waals surface area contributed by atoms with Gasteiger partial charge in [-0.3, -0.25) is 4.79 Å². The van der Waals surface area contributed by atoms with Crippen molar-refractivity contribution in [2.24, 2.45) is 17.8 Å². The van der Waals surface area contributed by atoms with E-state index in [4.69, 9.17) is 4.74 Å². The molecule has 0 aromatic rings. The minimum atomic E-state index is -4.71. The zero-order valence-electron chi connectivity index (χ0n) is 16.2. The van der Waals surface area contributed by atoms with E-state index in [0.717, 1.165) is 0 Å². The van der Waals surface area contributed by atoms with Gasteiger partial charge >= 0.3 is 12.1 Å². The van der Waals surface area contributed by atoms with Crippen molar-refractivity contribution in [1.82, 2.24) is 4.72 Å². The number of halogens is 3. The summed E-state index contributed by atoms with van der Waals surface area (Å²) in [6.45, 7) is 12.1. The Morgan fingerprint density at radius 2 is 1.56 bits per heavy atom. The monoisotopic (exact) mass is 387 g/mol. The van der Waals surface area contributed by atoms with Gasteiger partial charge in [-0.2, -0.15) is 13.2 Å². The van der Waals surface area contributed by atoms with E-state index in [1.165, 1.54) is 0 Å². The number of carbonyl (C=O) groups excluding carboxylic acids is 1. The number of hydrogen-bond donors (Lipinski definition) is 1. The van der Waals surface area contributed by atoms with Gasteiger partial charge in [0.15, 0.2) is 0 Å². The van der Waals surface area contributed by atoms with Crippen molar-refractivity contribution in [3.05, 3.63) is 0 Å². The SMILES string of the molecule is CC(C)CC[C@@H](C(=O)OCC(C)C)[C@@H](N[S@](=O)C(C)(C)C)C(F)(F)F. The fourth-order valence-corrected chi connectivity index (χ4v) is 2.84. The number of nitrogens with one attached hydrogen (secondary N) is 1. The van der Waals surface area contributed by atoms with Crippen LogP contribution in [0.25, 0.3) is 0 Å². The first kappa shape index (κ1) is 24.4. The van der Waals surface area contributed by atoms with E-state index in [2.05, 4.69) is 4.72 Å². The molecule has 0 fully saturated rings. The topological polar surface area (TPSA) is 55.4 Å². The van der Waals surface area contributed by atoms with E-state index in [0.29, 0.717) is 6.42 Å². The summed E-state index contributed by atoms with van der Waals surface area (Å²) in [4.78, 5) is 12.3. The summed E-state index contributed by atoms with van der Waals surface area (Å²) in [5.74, 6) is -2.15. The largest absolute Gasteiger partial charge is 0.465 e. The quantitative estimate of drug-likeness (QED) is 0.603. The number of hydrogen-bond acceptors (Lipinski definition) is 3. The molecule has 0 aliphatic heterocycles. The Hall–Kier alpha value is -0.630. The van der Waals surface area contributed by atoms with Crippen molar-refractivity contribution in [2.75, 3.05) is 6.61 Å². The van der Waals surface area contributed by atoms with Crippen LogP contribution in [0.5, 0.6) is 0 Å². The van der Waals surface area contributed by atoms with Crippen LogP contribution in [0.3, 0.4) is 0 Å². The Morgan fingerprint density at radius 3 is 1.92 bits per heavy atom. The number of ether oxygens (including phenoxy) is 1. The van der Waals surface area contributed by atoms with Crippen molar-refractivity contribution in [3.63, 3.8) is 0 Å². The Kier molecular flexibility index (Phi) is 9.65. The maximum atomic E-state index is 13.6. The summed E-state index contributed by atoms with van der Waals surface area (Å²) in [5, 5.41) is 0. The summed E-state index contributed by atoms with van der Waals surface area (Å²) in [5.41, 5.74) is 0. The summed E-state index contributed by atoms with van der Waals surface area (Å²) in [6, 6.07) is -2.20. The van der Waals surface area contributed by atoms with E-state index in [9.17, 15) is 22.2 Å². The van der Waals surface area contributed by atoms with E-state index < -0.39 is 39.8 Å². The number of esters is 1. The maximum absolute atomic E-state index is 13.6. The first-order valence-corrected chi connectivity index (χ1v) is 9.72. The van der Waals surface area contributed by atoms with Gasteiger partial charge in [0.2, 0.25) is 0 Å². The van der Waals surface area contributed by atoms with Gasteiger partial charge in [0.05, 0.1) is 28.3 Å². The highest BCUT2D eigenvalue weighted by Crippen LogP contribution is 2.31. The highest BCUT2D eigenvalue weighted by molar-refractivity contribution is 7.84. The van der Waals surface area contributed by atoms with Gasteiger partial charge in [-0.25, -0.2) is 8.93 Å². The van der Waals surface area contributed by atoms with Crippen LogP contribution in [-0.4, -0.2) is 33.8 Å². The second-order valence-electron chi connectivity index (χ2n) is 8.12. The average Bonchev–Trinajstić information content (AvgIpc) is 2.41. The zero-order chi connectivity index (χ0) is 20.0. The van der Waals surface area contributed by atoms with Crippen molar-refractivity contribution >= 4 is 17.0 Å². The van der Waals surface area contributed by atoms with Gasteiger partial charge in [-0.05, 0) is 39.0 Å². The molecule has 0 radical (unpaired) electrons. The minimum Gasteiger partial charge on any atom is -0.465 e. The molecule has 0 saturated carbocycles. The molecule has 0 rings (SSSR count). The van der Waals surface area contributed by atoms with Crippen LogP contribution in [0.15, 0.2) is 0 Å². The standard InChI is InChI=1S/C17H32F3NO3S/c1-11(2)8-9-13(15(22)24-10-12(3)4)14(17(18,19)20)21-25(23)16(5,6)7/h11-14,21H,8-10H2,1-7H3/t13-,14-,25-/m1/s1. The van der Waals surface area contributed by atoms with Gasteiger partial charge in [-0.15, -0.1) is 0 Å². The molecule has 8 heteroatoms. The third kappa shape index (κ3) is 9.58. The molecule has 0 spiro atoms. The molecule has 0 aromatic heterocycles. The Labute approximate surface area is 151 Å². The third-order valence-electron chi connectivity index (χ3n) is 3.46. The van der Waals surface area contributed by atoms with Crippen LogP contribution in [0, 0.1) is 17.8 Å². The molecule has 0 aromatic carbocycles. The van der Waals surface area contributed by atoms with Crippen LogP contribution in [0.1, 0.15) is 61.3 Å². The first-order chi connectivity index (χ1) is 11.2. The molecule has 0 heterocycles. The van der Waals surface area contributed by atoms with Crippen LogP contribution < -0.4 is 4.72 Å². The summed E-state index contributed by atoms with van der Waals surface area (Å²) < 4.78 is 59.3. The Morgan fingerprint density at radius 1 is 1.04 bits per heavy atom. The lowest BCUT2D eigenvalue weighted by Gasteiger charge is -2.31. The molecule has 3 atom stereocenters. The molecule has 0 aliphatic carbocycles. The molecule has 0 amide bonds. The molecule has 0 saturated heterocycles. The number of rotatable bonds is 9. The number of alkyl halides is 3. The molecule has 0 unspecified atom stereocenters. The normalized spacial score (nSPS) is 16.8. The van der Waals surface area contributed by atoms with Crippen molar-refractivity contribution < 1.29 is 26.9 Å². The predicted molar refractivity (Wildman–Crippen MR) is 94.2 cm³/mol. The summed E-state index contributed by atoms with van der Waals surface area (Å²) >= 11 is 0. The maximum Gasteiger partial charge on any atom is 0.405 e. The fraction of sp³-hybridized carbons (Fsp3) is 0.941. The van der Waals surface area contributed by atoms with Crippen LogP contribution in [0.2, 0.25) is 0 Å². The lowest BCUT2D eigenvalue weighted by Crippen LogP contribution is -2.53. The molecule has 0 aliphatic rings. The van der Waals surface area contributed by atoms with Gasteiger partial charge in [0.1, 0.15) is 6.04 Å². The highest BCUT2D eigenvalue weighted by atomic mass is 32.2. The van der Waals surface area contributed by atoms with Gasteiger partial charge in [-0.1, -0.05) is 34.1 Å². The van der Waals surface area contributed by atoms with E-state index in [1.54, 1.807) is 20.8 Å². The predicted octanol–water partition coefficient (Wildman–Crippen LogP) is 4.22. The van der Waals surface area contributed by atoms with Crippen molar-refractivity contribution in [3.8, 4) is 0 Å². The molecule has 25 heavy (non-hydrogen) atoms. The van der Waals surface area contributed by atoms with E-state index in [1.807, 2.05) is 27.7 Å². The van der Waals surface area contributed by atoms with E-state index >= 15 is 0 Å². The summed E-state index contributed by atoms with van der Waals surface area (Å²) in [7, 11) is -1.96. The minimum absolute atomic E-state index is 0.0209. The Balaban J connectivity index is 5.51. The lowest BCUT2D eigenvalue weighted by molar-refractivity contribution is -0.180. The van der Waals surface area contributed by atoms with Gasteiger partial charge in [0, 0.05) is 0 Å². The average molecular weight is 388 g/mol. The zero-order valence-corrected chi connectivity index (χ0v) is 17.0. The highest BCUT2D eigenvalue weighted by Gasteiger charge is 2.49. The molecule has 1 N–H and O–H groups in total. The smallest absolute Gasteiger partial charge is 0.405 e. The van der Waals surface area contributed by atoms with Gasteiger partial charge < -0.3 is 4.74 Å². The molecule has 150 valence electrons. The van der Waals surface area contributed by atoms with Crippen molar-refractivity contribution in [2.45, 2.75) is 78.3 Å². The second kappa shape index (κ2) is 9.90. The van der Waals surface area contributed by atoms with Crippen LogP contribution in [-0.2, 0) is 20.5 Å². The molecule has 0 bridgehead atoms. The van der Waals surface area contributed by atoms with Gasteiger partial charge in [0.25, 0.3) is 0 Å². The molecular weight excluding hydrogens is 355 g/mol. The van der Waals surface area contributed by atoms with E-state index in [-0.39, 0.29) is 24.9 Å². The fourth-order valence-electron chi connectivity index (χ4n) is 1.96. The van der Waals surface area contributed by atoms with Crippen LogP contribution >= 0.6 is 0 Å². The second-order valence-corrected chi connectivity index (χ2v) is 10.1. The third-order valence-corrected chi connectivity index (χ3v) is 5.04.